The number of anilines is 2. The maximum atomic E-state index is 13.9. The Hall–Kier alpha value is -3.35. The molecule has 33 heavy (non-hydrogen) atoms. The fourth-order valence-corrected chi connectivity index (χ4v) is 4.85. The number of fused-ring (bicyclic) bond motifs is 1. The van der Waals surface area contributed by atoms with Crippen LogP contribution in [0.25, 0.3) is 0 Å². The number of hydrogen-bond acceptors (Lipinski definition) is 5. The van der Waals surface area contributed by atoms with Crippen molar-refractivity contribution >= 4 is 34.8 Å². The first-order valence-electron chi connectivity index (χ1n) is 10.7. The molecule has 2 aliphatic heterocycles. The van der Waals surface area contributed by atoms with Crippen LogP contribution >= 0.6 is 11.6 Å². The highest BCUT2D eigenvalue weighted by Crippen LogP contribution is 2.55. The molecular formula is C26H23ClN2O4. The lowest BCUT2D eigenvalue weighted by Crippen LogP contribution is -2.41. The van der Waals surface area contributed by atoms with Gasteiger partial charge in [0.05, 0.1) is 24.5 Å². The molecule has 3 aromatic carbocycles. The van der Waals surface area contributed by atoms with E-state index in [4.69, 9.17) is 21.2 Å². The van der Waals surface area contributed by atoms with Gasteiger partial charge in [0.15, 0.2) is 6.10 Å². The van der Waals surface area contributed by atoms with E-state index in [0.29, 0.717) is 16.5 Å². The van der Waals surface area contributed by atoms with Crippen molar-refractivity contribution < 1.29 is 19.2 Å². The van der Waals surface area contributed by atoms with Crippen molar-refractivity contribution in [3.8, 4) is 5.75 Å². The minimum absolute atomic E-state index is 0.323. The van der Waals surface area contributed by atoms with Crippen LogP contribution in [0.4, 0.5) is 11.4 Å². The van der Waals surface area contributed by atoms with Gasteiger partial charge in [-0.1, -0.05) is 48.0 Å². The van der Waals surface area contributed by atoms with Gasteiger partial charge < -0.3 is 4.74 Å². The monoisotopic (exact) mass is 462 g/mol. The molecule has 0 N–H and O–H groups in total. The fourth-order valence-electron chi connectivity index (χ4n) is 4.68. The number of hydroxylamine groups is 1. The van der Waals surface area contributed by atoms with E-state index < -0.39 is 23.5 Å². The molecule has 0 radical (unpaired) electrons. The minimum atomic E-state index is -1.15. The van der Waals surface area contributed by atoms with E-state index in [9.17, 15) is 9.59 Å². The van der Waals surface area contributed by atoms with Crippen molar-refractivity contribution in [3.63, 3.8) is 0 Å². The first kappa shape index (κ1) is 21.5. The Morgan fingerprint density at radius 1 is 0.970 bits per heavy atom. The summed E-state index contributed by atoms with van der Waals surface area (Å²) >= 11 is 6.30. The van der Waals surface area contributed by atoms with Crippen LogP contribution in [0.5, 0.6) is 5.75 Å². The van der Waals surface area contributed by atoms with Crippen LogP contribution in [0, 0.1) is 12.3 Å². The van der Waals surface area contributed by atoms with Gasteiger partial charge in [-0.25, -0.2) is 9.96 Å². The molecule has 7 heteroatoms. The molecule has 3 aromatic rings. The van der Waals surface area contributed by atoms with Crippen LogP contribution in [-0.4, -0.2) is 25.0 Å². The summed E-state index contributed by atoms with van der Waals surface area (Å²) in [5, 5.41) is 2.18. The third-order valence-electron chi connectivity index (χ3n) is 6.53. The number of halogens is 1. The number of rotatable bonds is 4. The van der Waals surface area contributed by atoms with Gasteiger partial charge in [-0.3, -0.25) is 14.4 Å². The third kappa shape index (κ3) is 3.21. The molecule has 6 nitrogen and oxygen atoms in total. The Labute approximate surface area is 197 Å². The summed E-state index contributed by atoms with van der Waals surface area (Å²) in [6.07, 6.45) is -0.975. The van der Waals surface area contributed by atoms with Crippen molar-refractivity contribution in [1.82, 2.24) is 0 Å². The minimum Gasteiger partial charge on any atom is -0.497 e. The molecule has 3 atom stereocenters. The van der Waals surface area contributed by atoms with Crippen LogP contribution in [0.1, 0.15) is 24.1 Å². The molecule has 2 heterocycles. The van der Waals surface area contributed by atoms with Crippen LogP contribution in [0.2, 0.25) is 5.02 Å². The predicted octanol–water partition coefficient (Wildman–Crippen LogP) is 5.10. The number of benzene rings is 3. The quantitative estimate of drug-likeness (QED) is 0.505. The highest BCUT2D eigenvalue weighted by molar-refractivity contribution is 6.32. The van der Waals surface area contributed by atoms with Gasteiger partial charge in [-0.2, -0.15) is 0 Å². The summed E-state index contributed by atoms with van der Waals surface area (Å²) in [4.78, 5) is 34.9. The molecule has 0 spiro atoms. The lowest BCUT2D eigenvalue weighted by Gasteiger charge is -2.32. The van der Waals surface area contributed by atoms with Crippen LogP contribution < -0.4 is 14.7 Å². The molecular weight excluding hydrogens is 440 g/mol. The van der Waals surface area contributed by atoms with Crippen molar-refractivity contribution in [3.05, 3.63) is 88.9 Å². The lowest BCUT2D eigenvalue weighted by molar-refractivity contribution is -0.128. The van der Waals surface area contributed by atoms with E-state index in [1.165, 1.54) is 4.90 Å². The summed E-state index contributed by atoms with van der Waals surface area (Å²) in [6.45, 7) is 3.67. The number of ether oxygens (including phenoxy) is 1. The fraction of sp³-hybridized carbons (Fsp3) is 0.231. The number of carbonyl (C=O) groups excluding carboxylic acids is 2. The number of hydrogen-bond donors (Lipinski definition) is 0. The van der Waals surface area contributed by atoms with E-state index in [-0.39, 0.29) is 5.91 Å². The van der Waals surface area contributed by atoms with Crippen LogP contribution in [0.3, 0.4) is 0 Å². The molecule has 2 saturated heterocycles. The summed E-state index contributed by atoms with van der Waals surface area (Å²) in [7, 11) is 1.60. The Morgan fingerprint density at radius 2 is 1.67 bits per heavy atom. The molecule has 0 aromatic heterocycles. The van der Waals surface area contributed by atoms with Crippen molar-refractivity contribution in [2.45, 2.75) is 26.0 Å². The van der Waals surface area contributed by atoms with Gasteiger partial charge in [0, 0.05) is 5.02 Å². The molecule has 5 rings (SSSR count). The van der Waals surface area contributed by atoms with Gasteiger partial charge in [0.25, 0.3) is 5.91 Å². The second-order valence-electron chi connectivity index (χ2n) is 8.52. The number of aryl methyl sites for hydroxylation is 1. The summed E-state index contributed by atoms with van der Waals surface area (Å²) in [5.74, 6) is -0.0218. The Balaban J connectivity index is 1.63. The van der Waals surface area contributed by atoms with E-state index in [2.05, 4.69) is 0 Å². The van der Waals surface area contributed by atoms with E-state index in [1.54, 1.807) is 37.3 Å². The van der Waals surface area contributed by atoms with Gasteiger partial charge in [-0.05, 0) is 61.4 Å². The lowest BCUT2D eigenvalue weighted by atomic mass is 9.76. The molecule has 168 valence electrons. The molecule has 2 aliphatic rings. The number of para-hydroxylation sites is 1. The average Bonchev–Trinajstić information content (AvgIpc) is 3.24. The number of nitrogens with zero attached hydrogens (tertiary/aromatic N) is 2. The molecule has 2 amide bonds. The van der Waals surface area contributed by atoms with Gasteiger partial charge in [0.1, 0.15) is 11.2 Å². The molecule has 2 fully saturated rings. The first-order valence-corrected chi connectivity index (χ1v) is 11.0. The molecule has 0 bridgehead atoms. The van der Waals surface area contributed by atoms with Gasteiger partial charge in [0.2, 0.25) is 5.91 Å². The number of carbonyl (C=O) groups is 2. The zero-order chi connectivity index (χ0) is 23.3. The largest absolute Gasteiger partial charge is 0.497 e. The normalized spacial score (nSPS) is 24.4. The average molecular weight is 463 g/mol. The SMILES string of the molecule is COc1ccc([C@@H]2N(c3ccccc3)O[C@@H]3C(=O)N(c4ccc(C)c(Cl)c4)C(=O)[C@@]32C)cc1. The molecule has 0 saturated carbocycles. The zero-order valence-corrected chi connectivity index (χ0v) is 19.2. The Bertz CT molecular complexity index is 1230. The molecule has 0 aliphatic carbocycles. The van der Waals surface area contributed by atoms with Crippen molar-refractivity contribution in [2.75, 3.05) is 17.1 Å². The van der Waals surface area contributed by atoms with Crippen LogP contribution in [-0.2, 0) is 14.4 Å². The maximum absolute atomic E-state index is 13.9. The number of amides is 2. The summed E-state index contributed by atoms with van der Waals surface area (Å²) in [6, 6.07) is 21.6. The molecule has 0 unspecified atom stereocenters. The highest BCUT2D eigenvalue weighted by atomic mass is 35.5. The van der Waals surface area contributed by atoms with Crippen molar-refractivity contribution in [1.29, 1.82) is 0 Å². The second-order valence-corrected chi connectivity index (χ2v) is 8.92. The standard InChI is InChI=1S/C26H23ClN2O4/c1-16-9-12-19(15-21(16)27)28-24(30)23-26(2,25(28)31)22(17-10-13-20(32-3)14-11-17)29(33-23)18-7-5-4-6-8-18/h4-15,22-23H,1-3H3/t22-,23+,26+/m0/s1. The zero-order valence-electron chi connectivity index (χ0n) is 18.5. The first-order chi connectivity index (χ1) is 15.9. The van der Waals surface area contributed by atoms with Gasteiger partial charge in [-0.15, -0.1) is 0 Å². The maximum Gasteiger partial charge on any atom is 0.266 e. The van der Waals surface area contributed by atoms with Crippen LogP contribution in [0.15, 0.2) is 72.8 Å². The number of methoxy groups -OCH3 is 1. The van der Waals surface area contributed by atoms with Gasteiger partial charge >= 0.3 is 0 Å². The topological polar surface area (TPSA) is 59.1 Å². The Kier molecular flexibility index (Phi) is 5.15. The second kappa shape index (κ2) is 7.90. The van der Waals surface area contributed by atoms with E-state index >= 15 is 0 Å². The Morgan fingerprint density at radius 3 is 2.30 bits per heavy atom. The third-order valence-corrected chi connectivity index (χ3v) is 6.94. The van der Waals surface area contributed by atoms with Crippen molar-refractivity contribution in [2.24, 2.45) is 5.41 Å². The summed E-state index contributed by atoms with van der Waals surface area (Å²) in [5.41, 5.74) is 1.76. The predicted molar refractivity (Wildman–Crippen MR) is 126 cm³/mol. The summed E-state index contributed by atoms with van der Waals surface area (Å²) < 4.78 is 5.30. The van der Waals surface area contributed by atoms with E-state index in [1.807, 2.05) is 61.5 Å². The van der Waals surface area contributed by atoms with E-state index in [0.717, 1.165) is 16.8 Å². The smallest absolute Gasteiger partial charge is 0.266 e. The highest BCUT2D eigenvalue weighted by Gasteiger charge is 2.68. The number of imide groups is 1.